The zero-order valence-corrected chi connectivity index (χ0v) is 12.9. The van der Waals surface area contributed by atoms with Gasteiger partial charge in [0.2, 0.25) is 0 Å². The van der Waals surface area contributed by atoms with Gasteiger partial charge in [-0.15, -0.1) is 11.6 Å². The highest BCUT2D eigenvalue weighted by atomic mass is 35.5. The topological polar surface area (TPSA) is 40.6 Å². The minimum atomic E-state index is -3.71. The number of halogens is 2. The standard InChI is InChI=1S/C13H18ClFN2O2S/c1-16(13-7-3-2-6-12(13)15)20(18,19)17-8-4-5-11(9-14)10-17/h2-3,6-7,11H,4-5,8-10H2,1H3. The van der Waals surface area contributed by atoms with Crippen LogP contribution in [0.15, 0.2) is 24.3 Å². The van der Waals surface area contributed by atoms with Crippen LogP contribution in [0.25, 0.3) is 0 Å². The molecule has 1 aromatic carbocycles. The molecular formula is C13H18ClFN2O2S. The molecule has 1 heterocycles. The zero-order chi connectivity index (χ0) is 14.8. The molecule has 0 spiro atoms. The highest BCUT2D eigenvalue weighted by Gasteiger charge is 2.32. The van der Waals surface area contributed by atoms with E-state index in [-0.39, 0.29) is 11.6 Å². The summed E-state index contributed by atoms with van der Waals surface area (Å²) in [7, 11) is -2.34. The summed E-state index contributed by atoms with van der Waals surface area (Å²) in [5.41, 5.74) is 0.0560. The van der Waals surface area contributed by atoms with Crippen molar-refractivity contribution in [1.82, 2.24) is 4.31 Å². The smallest absolute Gasteiger partial charge is 0.258 e. The summed E-state index contributed by atoms with van der Waals surface area (Å²) >= 11 is 5.82. The van der Waals surface area contributed by atoms with Gasteiger partial charge in [0.1, 0.15) is 5.82 Å². The van der Waals surface area contributed by atoms with Crippen LogP contribution in [-0.2, 0) is 10.2 Å². The second kappa shape index (κ2) is 6.28. The van der Waals surface area contributed by atoms with Crippen molar-refractivity contribution < 1.29 is 12.8 Å². The summed E-state index contributed by atoms with van der Waals surface area (Å²) < 4.78 is 41.2. The summed E-state index contributed by atoms with van der Waals surface area (Å²) in [5.74, 6) is 0.0498. The van der Waals surface area contributed by atoms with Crippen molar-refractivity contribution in [2.24, 2.45) is 5.92 Å². The lowest BCUT2D eigenvalue weighted by Gasteiger charge is -2.34. The average molecular weight is 321 g/mol. The Morgan fingerprint density at radius 2 is 2.15 bits per heavy atom. The first-order valence-corrected chi connectivity index (χ1v) is 8.44. The molecule has 0 saturated carbocycles. The Labute approximate surface area is 124 Å². The molecule has 1 aliphatic heterocycles. The zero-order valence-electron chi connectivity index (χ0n) is 11.3. The van der Waals surface area contributed by atoms with Crippen LogP contribution < -0.4 is 4.31 Å². The number of rotatable bonds is 4. The van der Waals surface area contributed by atoms with Crippen LogP contribution in [-0.4, -0.2) is 38.7 Å². The van der Waals surface area contributed by atoms with E-state index in [9.17, 15) is 12.8 Å². The Morgan fingerprint density at radius 3 is 2.80 bits per heavy atom. The lowest BCUT2D eigenvalue weighted by molar-refractivity contribution is 0.283. The van der Waals surface area contributed by atoms with E-state index in [1.165, 1.54) is 29.6 Å². The van der Waals surface area contributed by atoms with E-state index in [1.807, 2.05) is 0 Å². The summed E-state index contributed by atoms with van der Waals surface area (Å²) in [6, 6.07) is 5.85. The molecule has 112 valence electrons. The molecule has 1 atom stereocenters. The molecule has 1 saturated heterocycles. The van der Waals surface area contributed by atoms with Crippen LogP contribution in [0.4, 0.5) is 10.1 Å². The van der Waals surface area contributed by atoms with E-state index in [0.29, 0.717) is 19.0 Å². The minimum absolute atomic E-state index is 0.0560. The molecule has 1 aromatic rings. The van der Waals surface area contributed by atoms with Gasteiger partial charge in [-0.3, -0.25) is 4.31 Å². The van der Waals surface area contributed by atoms with Crippen molar-refractivity contribution in [1.29, 1.82) is 0 Å². The largest absolute Gasteiger partial charge is 0.303 e. The summed E-state index contributed by atoms with van der Waals surface area (Å²) in [4.78, 5) is 0. The second-order valence-electron chi connectivity index (χ2n) is 4.95. The lowest BCUT2D eigenvalue weighted by atomic mass is 10.0. The Hall–Kier alpha value is -0.850. The Morgan fingerprint density at radius 1 is 1.45 bits per heavy atom. The fraction of sp³-hybridized carbons (Fsp3) is 0.538. The summed E-state index contributed by atoms with van der Waals surface area (Å²) in [5, 5.41) is 0. The molecule has 0 aliphatic carbocycles. The third kappa shape index (κ3) is 3.07. The maximum absolute atomic E-state index is 13.7. The molecular weight excluding hydrogens is 303 g/mol. The van der Waals surface area contributed by atoms with Crippen LogP contribution in [0.1, 0.15) is 12.8 Å². The van der Waals surface area contributed by atoms with Crippen molar-refractivity contribution in [3.05, 3.63) is 30.1 Å². The van der Waals surface area contributed by atoms with Gasteiger partial charge in [0.25, 0.3) is 0 Å². The lowest BCUT2D eigenvalue weighted by Crippen LogP contribution is -2.47. The van der Waals surface area contributed by atoms with E-state index in [0.717, 1.165) is 17.1 Å². The predicted molar refractivity (Wildman–Crippen MR) is 78.7 cm³/mol. The normalized spacial score (nSPS) is 20.9. The molecule has 1 unspecified atom stereocenters. The summed E-state index contributed by atoms with van der Waals surface area (Å²) in [6.07, 6.45) is 1.71. The number of nitrogens with zero attached hydrogens (tertiary/aromatic N) is 2. The molecule has 0 aromatic heterocycles. The van der Waals surface area contributed by atoms with E-state index in [4.69, 9.17) is 11.6 Å². The van der Waals surface area contributed by atoms with E-state index in [2.05, 4.69) is 0 Å². The molecule has 0 bridgehead atoms. The number of benzene rings is 1. The maximum Gasteiger partial charge on any atom is 0.303 e. The molecule has 0 amide bonds. The van der Waals surface area contributed by atoms with E-state index in [1.54, 1.807) is 6.07 Å². The fourth-order valence-electron chi connectivity index (χ4n) is 2.37. The van der Waals surface area contributed by atoms with E-state index < -0.39 is 16.0 Å². The van der Waals surface area contributed by atoms with Gasteiger partial charge in [0.15, 0.2) is 0 Å². The Balaban J connectivity index is 2.24. The Kier molecular flexibility index (Phi) is 4.88. The number of hydrogen-bond donors (Lipinski definition) is 0. The Bertz CT molecular complexity index is 567. The monoisotopic (exact) mass is 320 g/mol. The third-order valence-electron chi connectivity index (χ3n) is 3.56. The maximum atomic E-state index is 13.7. The molecule has 0 N–H and O–H groups in total. The van der Waals surface area contributed by atoms with Crippen molar-refractivity contribution in [2.75, 3.05) is 30.3 Å². The third-order valence-corrected chi connectivity index (χ3v) is 5.87. The summed E-state index contributed by atoms with van der Waals surface area (Å²) in [6.45, 7) is 0.846. The number of anilines is 1. The molecule has 4 nitrogen and oxygen atoms in total. The first kappa shape index (κ1) is 15.5. The highest BCUT2D eigenvalue weighted by Crippen LogP contribution is 2.26. The number of piperidine rings is 1. The number of alkyl halides is 1. The highest BCUT2D eigenvalue weighted by molar-refractivity contribution is 7.90. The van der Waals surface area contributed by atoms with Gasteiger partial charge in [-0.25, -0.2) is 4.39 Å². The van der Waals surface area contributed by atoms with Crippen molar-refractivity contribution in [2.45, 2.75) is 12.8 Å². The van der Waals surface area contributed by atoms with Crippen LogP contribution in [0.5, 0.6) is 0 Å². The van der Waals surface area contributed by atoms with Gasteiger partial charge in [0, 0.05) is 26.0 Å². The molecule has 1 fully saturated rings. The van der Waals surface area contributed by atoms with Gasteiger partial charge in [-0.1, -0.05) is 12.1 Å². The molecule has 1 aliphatic rings. The van der Waals surface area contributed by atoms with Gasteiger partial charge in [0.05, 0.1) is 5.69 Å². The predicted octanol–water partition coefficient (Wildman–Crippen LogP) is 2.46. The molecule has 0 radical (unpaired) electrons. The minimum Gasteiger partial charge on any atom is -0.258 e. The molecule has 7 heteroatoms. The van der Waals surface area contributed by atoms with Gasteiger partial charge in [-0.2, -0.15) is 12.7 Å². The van der Waals surface area contributed by atoms with Crippen LogP contribution in [0.2, 0.25) is 0 Å². The van der Waals surface area contributed by atoms with Crippen LogP contribution in [0.3, 0.4) is 0 Å². The van der Waals surface area contributed by atoms with Crippen molar-refractivity contribution in [3.63, 3.8) is 0 Å². The van der Waals surface area contributed by atoms with Crippen molar-refractivity contribution in [3.8, 4) is 0 Å². The molecule has 2 rings (SSSR count). The SMILES string of the molecule is CN(c1ccccc1F)S(=O)(=O)N1CCCC(CCl)C1. The van der Waals surface area contributed by atoms with Crippen LogP contribution >= 0.6 is 11.6 Å². The number of hydrogen-bond acceptors (Lipinski definition) is 2. The first-order chi connectivity index (χ1) is 9.46. The van der Waals surface area contributed by atoms with E-state index >= 15 is 0 Å². The van der Waals surface area contributed by atoms with Gasteiger partial charge >= 0.3 is 10.2 Å². The van der Waals surface area contributed by atoms with Crippen molar-refractivity contribution >= 4 is 27.5 Å². The average Bonchev–Trinajstić information content (AvgIpc) is 2.47. The first-order valence-electron chi connectivity index (χ1n) is 6.51. The quantitative estimate of drug-likeness (QED) is 0.800. The van der Waals surface area contributed by atoms with Gasteiger partial charge < -0.3 is 0 Å². The van der Waals surface area contributed by atoms with Crippen LogP contribution in [0, 0.1) is 11.7 Å². The van der Waals surface area contributed by atoms with Gasteiger partial charge in [-0.05, 0) is 30.9 Å². The fourth-order valence-corrected chi connectivity index (χ4v) is 4.12. The second-order valence-corrected chi connectivity index (χ2v) is 7.22. The number of para-hydroxylation sites is 1. The molecule has 20 heavy (non-hydrogen) atoms.